The van der Waals surface area contributed by atoms with Gasteiger partial charge in [-0.25, -0.2) is 4.98 Å². The van der Waals surface area contributed by atoms with E-state index in [2.05, 4.69) is 9.97 Å². The van der Waals surface area contributed by atoms with Crippen molar-refractivity contribution in [3.8, 4) is 0 Å². The topological polar surface area (TPSA) is 80.7 Å². The third-order valence-corrected chi connectivity index (χ3v) is 1.48. The normalized spacial score (nSPS) is 10.4. The first kappa shape index (κ1) is 8.23. The lowest BCUT2D eigenvalue weighted by atomic mass is 10.3. The Kier molecular flexibility index (Phi) is 3.07. The Morgan fingerprint density at radius 2 is 2.00 bits per heavy atom. The third-order valence-electron chi connectivity index (χ3n) is 1.48. The maximum Gasteiger partial charge on any atom is 0.107 e. The highest BCUT2D eigenvalue weighted by molar-refractivity contribution is 5.01. The molecule has 0 spiro atoms. The van der Waals surface area contributed by atoms with Crippen LogP contribution in [0.15, 0.2) is 6.20 Å². The highest BCUT2D eigenvalue weighted by Gasteiger charge is 1.97. The molecule has 0 aliphatic rings. The predicted octanol–water partition coefficient (Wildman–Crippen LogP) is -0.588. The zero-order valence-electron chi connectivity index (χ0n) is 6.51. The van der Waals surface area contributed by atoms with Crippen LogP contribution < -0.4 is 11.5 Å². The van der Waals surface area contributed by atoms with Crippen LogP contribution in [0.1, 0.15) is 11.5 Å². The quantitative estimate of drug-likeness (QED) is 0.542. The van der Waals surface area contributed by atoms with E-state index in [0.29, 0.717) is 13.1 Å². The summed E-state index contributed by atoms with van der Waals surface area (Å²) in [5.74, 6) is 0.955. The molecule has 0 amide bonds. The molecule has 1 aromatic heterocycles. The van der Waals surface area contributed by atoms with E-state index in [4.69, 9.17) is 11.5 Å². The van der Waals surface area contributed by atoms with Crippen molar-refractivity contribution in [2.75, 3.05) is 13.1 Å². The van der Waals surface area contributed by atoms with Crippen LogP contribution in [0.25, 0.3) is 0 Å². The van der Waals surface area contributed by atoms with Crippen LogP contribution in [0.2, 0.25) is 0 Å². The standard InChI is InChI=1S/C7H14N4/c8-3-1-6-5-10-7(11-6)2-4-9/h5H,1-4,8-9H2,(H,10,11). The second kappa shape index (κ2) is 4.10. The first-order valence-corrected chi connectivity index (χ1v) is 3.79. The first-order chi connectivity index (χ1) is 5.36. The minimum Gasteiger partial charge on any atom is -0.346 e. The van der Waals surface area contributed by atoms with Gasteiger partial charge in [-0.15, -0.1) is 0 Å². The fourth-order valence-electron chi connectivity index (χ4n) is 0.952. The van der Waals surface area contributed by atoms with Gasteiger partial charge < -0.3 is 16.5 Å². The van der Waals surface area contributed by atoms with Crippen molar-refractivity contribution in [2.45, 2.75) is 12.8 Å². The summed E-state index contributed by atoms with van der Waals surface area (Å²) in [6.07, 6.45) is 3.49. The van der Waals surface area contributed by atoms with E-state index >= 15 is 0 Å². The highest BCUT2D eigenvalue weighted by atomic mass is 14.9. The molecule has 4 nitrogen and oxygen atoms in total. The van der Waals surface area contributed by atoms with E-state index in [0.717, 1.165) is 24.4 Å². The third kappa shape index (κ3) is 2.32. The minimum absolute atomic E-state index is 0.635. The molecule has 0 saturated heterocycles. The lowest BCUT2D eigenvalue weighted by Crippen LogP contribution is -2.05. The summed E-state index contributed by atoms with van der Waals surface area (Å²) in [4.78, 5) is 7.28. The van der Waals surface area contributed by atoms with Crippen LogP contribution >= 0.6 is 0 Å². The molecule has 5 N–H and O–H groups in total. The molecule has 0 unspecified atom stereocenters. The molecule has 0 fully saturated rings. The Bertz CT molecular complexity index is 185. The van der Waals surface area contributed by atoms with Gasteiger partial charge in [0.25, 0.3) is 0 Å². The van der Waals surface area contributed by atoms with E-state index in [1.165, 1.54) is 0 Å². The Morgan fingerprint density at radius 1 is 1.27 bits per heavy atom. The van der Waals surface area contributed by atoms with Crippen LogP contribution in [0, 0.1) is 0 Å². The Morgan fingerprint density at radius 3 is 2.64 bits per heavy atom. The van der Waals surface area contributed by atoms with Crippen LogP contribution in [0.4, 0.5) is 0 Å². The predicted molar refractivity (Wildman–Crippen MR) is 44.1 cm³/mol. The molecule has 1 heterocycles. The van der Waals surface area contributed by atoms with Gasteiger partial charge in [-0.05, 0) is 13.1 Å². The molecule has 0 aliphatic carbocycles. The molecule has 0 saturated carbocycles. The van der Waals surface area contributed by atoms with Gasteiger partial charge >= 0.3 is 0 Å². The number of nitrogens with two attached hydrogens (primary N) is 2. The fraction of sp³-hybridized carbons (Fsp3) is 0.571. The number of nitrogens with one attached hydrogen (secondary N) is 1. The molecule has 11 heavy (non-hydrogen) atoms. The molecule has 4 heteroatoms. The number of nitrogens with zero attached hydrogens (tertiary/aromatic N) is 1. The minimum atomic E-state index is 0.635. The van der Waals surface area contributed by atoms with Crippen LogP contribution in [-0.4, -0.2) is 23.1 Å². The van der Waals surface area contributed by atoms with E-state index in [1.807, 2.05) is 6.20 Å². The summed E-state index contributed by atoms with van der Waals surface area (Å²) < 4.78 is 0. The number of H-pyrrole nitrogens is 1. The smallest absolute Gasteiger partial charge is 0.107 e. The highest BCUT2D eigenvalue weighted by Crippen LogP contribution is 1.96. The summed E-state index contributed by atoms with van der Waals surface area (Å²) in [6, 6.07) is 0. The number of aromatic nitrogens is 2. The number of hydrogen-bond acceptors (Lipinski definition) is 3. The van der Waals surface area contributed by atoms with Gasteiger partial charge in [0.15, 0.2) is 0 Å². The molecule has 0 atom stereocenters. The number of aromatic amines is 1. The van der Waals surface area contributed by atoms with E-state index < -0.39 is 0 Å². The van der Waals surface area contributed by atoms with Gasteiger partial charge in [-0.1, -0.05) is 0 Å². The number of hydrogen-bond donors (Lipinski definition) is 3. The molecule has 1 aromatic rings. The molecule has 62 valence electrons. The average Bonchev–Trinajstić information content (AvgIpc) is 2.38. The Hall–Kier alpha value is -0.870. The molecule has 1 rings (SSSR count). The summed E-state index contributed by atoms with van der Waals surface area (Å²) in [5.41, 5.74) is 11.8. The Labute approximate surface area is 66.0 Å². The summed E-state index contributed by atoms with van der Waals surface area (Å²) in [5, 5.41) is 0. The molecule has 0 bridgehead atoms. The van der Waals surface area contributed by atoms with Gasteiger partial charge in [-0.3, -0.25) is 0 Å². The van der Waals surface area contributed by atoms with Crippen molar-refractivity contribution in [1.29, 1.82) is 0 Å². The van der Waals surface area contributed by atoms with Crippen LogP contribution in [0.3, 0.4) is 0 Å². The van der Waals surface area contributed by atoms with Crippen LogP contribution in [-0.2, 0) is 12.8 Å². The lowest BCUT2D eigenvalue weighted by Gasteiger charge is -1.91. The summed E-state index contributed by atoms with van der Waals surface area (Å²) in [7, 11) is 0. The molecule has 0 aliphatic heterocycles. The van der Waals surface area contributed by atoms with Gasteiger partial charge in [0, 0.05) is 24.7 Å². The van der Waals surface area contributed by atoms with E-state index in [1.54, 1.807) is 0 Å². The number of rotatable bonds is 4. The van der Waals surface area contributed by atoms with Crippen LogP contribution in [0.5, 0.6) is 0 Å². The zero-order chi connectivity index (χ0) is 8.10. The maximum atomic E-state index is 5.37. The first-order valence-electron chi connectivity index (χ1n) is 3.79. The monoisotopic (exact) mass is 154 g/mol. The van der Waals surface area contributed by atoms with Crippen molar-refractivity contribution < 1.29 is 0 Å². The maximum absolute atomic E-state index is 5.37. The second-order valence-electron chi connectivity index (χ2n) is 2.43. The van der Waals surface area contributed by atoms with Crippen molar-refractivity contribution in [1.82, 2.24) is 9.97 Å². The van der Waals surface area contributed by atoms with Gasteiger partial charge in [0.05, 0.1) is 0 Å². The summed E-state index contributed by atoms with van der Waals surface area (Å²) in [6.45, 7) is 1.29. The van der Waals surface area contributed by atoms with E-state index in [9.17, 15) is 0 Å². The van der Waals surface area contributed by atoms with Gasteiger partial charge in [-0.2, -0.15) is 0 Å². The van der Waals surface area contributed by atoms with Crippen molar-refractivity contribution in [3.05, 3.63) is 17.7 Å². The van der Waals surface area contributed by atoms with E-state index in [-0.39, 0.29) is 0 Å². The summed E-state index contributed by atoms with van der Waals surface area (Å²) >= 11 is 0. The van der Waals surface area contributed by atoms with Gasteiger partial charge in [0.1, 0.15) is 5.82 Å². The molecule has 0 radical (unpaired) electrons. The van der Waals surface area contributed by atoms with Crippen molar-refractivity contribution >= 4 is 0 Å². The van der Waals surface area contributed by atoms with Crippen molar-refractivity contribution in [2.24, 2.45) is 11.5 Å². The Balaban J connectivity index is 2.51. The van der Waals surface area contributed by atoms with Gasteiger partial charge in [0.2, 0.25) is 0 Å². The SMILES string of the molecule is NCCc1cnc(CCN)[nH]1. The molecular weight excluding hydrogens is 140 g/mol. The molecular formula is C7H14N4. The average molecular weight is 154 g/mol. The van der Waals surface area contributed by atoms with Crippen molar-refractivity contribution in [3.63, 3.8) is 0 Å². The molecule has 0 aromatic carbocycles. The number of imidazole rings is 1. The largest absolute Gasteiger partial charge is 0.346 e. The second-order valence-corrected chi connectivity index (χ2v) is 2.43. The zero-order valence-corrected chi connectivity index (χ0v) is 6.51. The fourth-order valence-corrected chi connectivity index (χ4v) is 0.952. The lowest BCUT2D eigenvalue weighted by molar-refractivity contribution is 0.873.